The summed E-state index contributed by atoms with van der Waals surface area (Å²) < 4.78 is 1.32. The first-order valence-corrected chi connectivity index (χ1v) is 6.62. The first kappa shape index (κ1) is 14.2. The molecule has 0 bridgehead atoms. The Bertz CT molecular complexity index is 538. The predicted molar refractivity (Wildman–Crippen MR) is 71.9 cm³/mol. The van der Waals surface area contributed by atoms with E-state index in [1.54, 1.807) is 7.05 Å². The molecule has 1 aliphatic carbocycles. The summed E-state index contributed by atoms with van der Waals surface area (Å²) in [6, 6.07) is 0. The van der Waals surface area contributed by atoms with Crippen molar-refractivity contribution in [3.05, 3.63) is 11.9 Å². The Morgan fingerprint density at radius 1 is 1.45 bits per heavy atom. The van der Waals surface area contributed by atoms with Crippen LogP contribution in [0.3, 0.4) is 0 Å². The van der Waals surface area contributed by atoms with Gasteiger partial charge in [0.15, 0.2) is 0 Å². The van der Waals surface area contributed by atoms with Crippen molar-refractivity contribution < 1.29 is 14.4 Å². The Morgan fingerprint density at radius 2 is 2.15 bits per heavy atom. The second-order valence-electron chi connectivity index (χ2n) is 5.07. The van der Waals surface area contributed by atoms with Crippen molar-refractivity contribution in [1.82, 2.24) is 9.78 Å². The van der Waals surface area contributed by atoms with Gasteiger partial charge in [-0.2, -0.15) is 5.10 Å². The molecule has 20 heavy (non-hydrogen) atoms. The van der Waals surface area contributed by atoms with Gasteiger partial charge in [0.2, 0.25) is 5.91 Å². The number of aromatic nitrogens is 2. The van der Waals surface area contributed by atoms with Crippen LogP contribution in [0.4, 0.5) is 5.69 Å². The normalized spacial score (nSPS) is 22.2. The lowest BCUT2D eigenvalue weighted by Crippen LogP contribution is -2.33. The molecule has 2 amide bonds. The smallest absolute Gasteiger partial charge is 0.269 e. The summed E-state index contributed by atoms with van der Waals surface area (Å²) in [4.78, 5) is 34.6. The fourth-order valence-electron chi connectivity index (χ4n) is 2.69. The summed E-state index contributed by atoms with van der Waals surface area (Å²) in [6.07, 6.45) is 5.54. The van der Waals surface area contributed by atoms with E-state index < -0.39 is 5.91 Å². The van der Waals surface area contributed by atoms with E-state index in [0.29, 0.717) is 12.1 Å². The predicted octanol–water partition coefficient (Wildman–Crippen LogP) is 0.463. The van der Waals surface area contributed by atoms with Crippen LogP contribution in [0.5, 0.6) is 0 Å². The third-order valence-corrected chi connectivity index (χ3v) is 3.76. The molecule has 108 valence electrons. The highest BCUT2D eigenvalue weighted by atomic mass is 16.2. The third kappa shape index (κ3) is 2.71. The average molecular weight is 278 g/mol. The van der Waals surface area contributed by atoms with Gasteiger partial charge in [0.05, 0.1) is 11.9 Å². The van der Waals surface area contributed by atoms with Gasteiger partial charge >= 0.3 is 0 Å². The van der Waals surface area contributed by atoms with E-state index in [-0.39, 0.29) is 23.4 Å². The summed E-state index contributed by atoms with van der Waals surface area (Å²) in [5.41, 5.74) is 5.70. The number of carbonyl (C=O) groups is 3. The SMILES string of the molecule is Cn1ncc(NC(=O)[C@@H]2CCCC[C@H]2C=O)c1C(N)=O. The van der Waals surface area contributed by atoms with Gasteiger partial charge in [0.1, 0.15) is 12.0 Å². The number of aldehydes is 1. The molecule has 1 heterocycles. The number of hydrogen-bond donors (Lipinski definition) is 2. The first-order valence-electron chi connectivity index (χ1n) is 6.62. The summed E-state index contributed by atoms with van der Waals surface area (Å²) >= 11 is 0. The summed E-state index contributed by atoms with van der Waals surface area (Å²) in [5.74, 6) is -1.51. The number of hydrogen-bond acceptors (Lipinski definition) is 4. The average Bonchev–Trinajstić information content (AvgIpc) is 2.79. The van der Waals surface area contributed by atoms with Gasteiger partial charge in [-0.25, -0.2) is 0 Å². The molecule has 2 rings (SSSR count). The van der Waals surface area contributed by atoms with Gasteiger partial charge in [0, 0.05) is 18.9 Å². The van der Waals surface area contributed by atoms with E-state index in [9.17, 15) is 14.4 Å². The van der Waals surface area contributed by atoms with Crippen LogP contribution in [0.15, 0.2) is 6.20 Å². The fraction of sp³-hybridized carbons (Fsp3) is 0.538. The van der Waals surface area contributed by atoms with Crippen molar-refractivity contribution >= 4 is 23.8 Å². The van der Waals surface area contributed by atoms with Crippen LogP contribution in [0, 0.1) is 11.8 Å². The number of primary amides is 1. The molecule has 1 fully saturated rings. The molecule has 1 aromatic heterocycles. The van der Waals surface area contributed by atoms with E-state index in [1.807, 2.05) is 0 Å². The van der Waals surface area contributed by atoms with Crippen molar-refractivity contribution in [3.63, 3.8) is 0 Å². The molecule has 0 unspecified atom stereocenters. The summed E-state index contributed by atoms with van der Waals surface area (Å²) in [7, 11) is 1.57. The number of aryl methyl sites for hydroxylation is 1. The fourth-order valence-corrected chi connectivity index (χ4v) is 2.69. The molecular formula is C13H18N4O3. The van der Waals surface area contributed by atoms with Gasteiger partial charge in [0.25, 0.3) is 5.91 Å². The highest BCUT2D eigenvalue weighted by Crippen LogP contribution is 2.30. The zero-order valence-electron chi connectivity index (χ0n) is 11.3. The molecule has 7 nitrogen and oxygen atoms in total. The maximum Gasteiger partial charge on any atom is 0.269 e. The maximum atomic E-state index is 12.3. The van der Waals surface area contributed by atoms with Crippen molar-refractivity contribution in [2.75, 3.05) is 5.32 Å². The standard InChI is InChI=1S/C13H18N4O3/c1-17-11(12(14)19)10(6-15-17)16-13(20)9-5-3-2-4-8(9)7-18/h6-9H,2-5H2,1H3,(H2,14,19)(H,16,20)/t8-,9+/m0/s1. The Balaban J connectivity index is 2.15. The van der Waals surface area contributed by atoms with Crippen LogP contribution in [-0.2, 0) is 16.6 Å². The molecule has 0 spiro atoms. The molecule has 1 saturated carbocycles. The van der Waals surface area contributed by atoms with E-state index in [4.69, 9.17) is 5.73 Å². The van der Waals surface area contributed by atoms with Gasteiger partial charge in [-0.3, -0.25) is 14.3 Å². The van der Waals surface area contributed by atoms with Crippen molar-refractivity contribution in [3.8, 4) is 0 Å². The van der Waals surface area contributed by atoms with E-state index in [2.05, 4.69) is 10.4 Å². The Labute approximate surface area is 116 Å². The number of nitrogens with two attached hydrogens (primary N) is 1. The van der Waals surface area contributed by atoms with E-state index in [1.165, 1.54) is 10.9 Å². The first-order chi connectivity index (χ1) is 9.54. The molecule has 2 atom stereocenters. The summed E-state index contributed by atoms with van der Waals surface area (Å²) in [5, 5.41) is 6.57. The van der Waals surface area contributed by atoms with E-state index >= 15 is 0 Å². The lowest BCUT2D eigenvalue weighted by atomic mass is 9.79. The number of amides is 2. The van der Waals surface area contributed by atoms with Crippen LogP contribution in [0.25, 0.3) is 0 Å². The number of anilines is 1. The van der Waals surface area contributed by atoms with Gasteiger partial charge < -0.3 is 15.8 Å². The Hall–Kier alpha value is -2.18. The summed E-state index contributed by atoms with van der Waals surface area (Å²) in [6.45, 7) is 0. The second-order valence-corrected chi connectivity index (χ2v) is 5.07. The minimum atomic E-state index is -0.657. The molecule has 1 aliphatic rings. The monoisotopic (exact) mass is 278 g/mol. The zero-order chi connectivity index (χ0) is 14.7. The molecule has 0 aromatic carbocycles. The topological polar surface area (TPSA) is 107 Å². The zero-order valence-corrected chi connectivity index (χ0v) is 11.3. The van der Waals surface area contributed by atoms with Crippen LogP contribution < -0.4 is 11.1 Å². The molecule has 1 aromatic rings. The van der Waals surface area contributed by atoms with Crippen LogP contribution >= 0.6 is 0 Å². The lowest BCUT2D eigenvalue weighted by Gasteiger charge is -2.26. The maximum absolute atomic E-state index is 12.3. The van der Waals surface area contributed by atoms with Crippen molar-refractivity contribution in [2.24, 2.45) is 24.6 Å². The third-order valence-electron chi connectivity index (χ3n) is 3.76. The van der Waals surface area contributed by atoms with Gasteiger partial charge in [-0.15, -0.1) is 0 Å². The Morgan fingerprint density at radius 3 is 2.80 bits per heavy atom. The highest BCUT2D eigenvalue weighted by molar-refractivity contribution is 6.02. The lowest BCUT2D eigenvalue weighted by molar-refractivity contribution is -0.126. The quantitative estimate of drug-likeness (QED) is 0.780. The van der Waals surface area contributed by atoms with Crippen molar-refractivity contribution in [2.45, 2.75) is 25.7 Å². The van der Waals surface area contributed by atoms with Crippen LogP contribution in [0.1, 0.15) is 36.2 Å². The molecule has 0 radical (unpaired) electrons. The number of nitrogens with one attached hydrogen (secondary N) is 1. The molecule has 7 heteroatoms. The number of rotatable bonds is 4. The number of carbonyl (C=O) groups excluding carboxylic acids is 3. The molecule has 0 aliphatic heterocycles. The molecular weight excluding hydrogens is 260 g/mol. The van der Waals surface area contributed by atoms with Crippen LogP contribution in [0.2, 0.25) is 0 Å². The highest BCUT2D eigenvalue weighted by Gasteiger charge is 2.31. The minimum absolute atomic E-state index is 0.150. The van der Waals surface area contributed by atoms with E-state index in [0.717, 1.165) is 25.5 Å². The molecule has 3 N–H and O–H groups in total. The minimum Gasteiger partial charge on any atom is -0.364 e. The second kappa shape index (κ2) is 5.85. The largest absolute Gasteiger partial charge is 0.364 e. The molecule has 0 saturated heterocycles. The van der Waals surface area contributed by atoms with Gasteiger partial charge in [-0.1, -0.05) is 12.8 Å². The van der Waals surface area contributed by atoms with Crippen molar-refractivity contribution in [1.29, 1.82) is 0 Å². The van der Waals surface area contributed by atoms with Crippen LogP contribution in [-0.4, -0.2) is 27.9 Å². The number of nitrogens with zero attached hydrogens (tertiary/aromatic N) is 2. The van der Waals surface area contributed by atoms with Gasteiger partial charge in [-0.05, 0) is 12.8 Å². The Kier molecular flexibility index (Phi) is 4.16.